The number of fused-ring (bicyclic) bond motifs is 1. The Morgan fingerprint density at radius 2 is 1.60 bits per heavy atom. The number of hydrogen-bond acceptors (Lipinski definition) is 3. The second kappa shape index (κ2) is 10.9. The first-order valence-corrected chi connectivity index (χ1v) is 13.2. The third kappa shape index (κ3) is 5.75. The molecule has 5 nitrogen and oxygen atoms in total. The molecule has 3 aliphatic rings. The standard InChI is InChI=1S/C29H36FN3O2/c30-24-10-8-21(9-11-24)20-28(34)33-18-14-25(15-19-33)32-16-12-23(13-17-32)29(35)31-27-7-3-5-22-4-1-2-6-26(22)27/h1-2,4,6,8-11,23,25,27H,3,5,7,12-20H2,(H,31,35). The summed E-state index contributed by atoms with van der Waals surface area (Å²) in [5, 5.41) is 3.36. The summed E-state index contributed by atoms with van der Waals surface area (Å²) in [7, 11) is 0. The van der Waals surface area contributed by atoms with Crippen LogP contribution < -0.4 is 5.32 Å². The second-order valence-electron chi connectivity index (χ2n) is 10.4. The molecule has 0 aromatic heterocycles. The van der Waals surface area contributed by atoms with Gasteiger partial charge in [0.1, 0.15) is 5.82 Å². The molecule has 1 aliphatic carbocycles. The van der Waals surface area contributed by atoms with Gasteiger partial charge in [-0.05, 0) is 86.9 Å². The minimum Gasteiger partial charge on any atom is -0.349 e. The number of likely N-dealkylation sites (tertiary alicyclic amines) is 2. The summed E-state index contributed by atoms with van der Waals surface area (Å²) in [5.41, 5.74) is 3.53. The second-order valence-corrected chi connectivity index (χ2v) is 10.4. The quantitative estimate of drug-likeness (QED) is 0.700. The van der Waals surface area contributed by atoms with Crippen LogP contribution in [0.4, 0.5) is 4.39 Å². The molecule has 1 atom stereocenters. The fraction of sp³-hybridized carbons (Fsp3) is 0.517. The minimum atomic E-state index is -0.275. The molecule has 2 amide bonds. The van der Waals surface area contributed by atoms with Gasteiger partial charge in [-0.1, -0.05) is 36.4 Å². The lowest BCUT2D eigenvalue weighted by molar-refractivity contribution is -0.132. The minimum absolute atomic E-state index is 0.0951. The van der Waals surface area contributed by atoms with E-state index in [2.05, 4.69) is 34.5 Å². The average Bonchev–Trinajstić information content (AvgIpc) is 2.90. The number of hydrogen-bond donors (Lipinski definition) is 1. The van der Waals surface area contributed by atoms with E-state index in [1.807, 2.05) is 4.90 Å². The molecule has 2 fully saturated rings. The summed E-state index contributed by atoms with van der Waals surface area (Å²) in [5.74, 6) is 0.155. The number of nitrogens with zero attached hydrogens (tertiary/aromatic N) is 2. The molecular weight excluding hydrogens is 441 g/mol. The molecule has 6 heteroatoms. The summed E-state index contributed by atoms with van der Waals surface area (Å²) in [6.45, 7) is 3.44. The van der Waals surface area contributed by atoms with E-state index in [1.54, 1.807) is 12.1 Å². The van der Waals surface area contributed by atoms with Crippen LogP contribution in [-0.4, -0.2) is 53.8 Å². The monoisotopic (exact) mass is 477 g/mol. The zero-order valence-electron chi connectivity index (χ0n) is 20.4. The van der Waals surface area contributed by atoms with E-state index in [0.717, 1.165) is 76.7 Å². The van der Waals surface area contributed by atoms with Crippen molar-refractivity contribution >= 4 is 11.8 Å². The Morgan fingerprint density at radius 3 is 2.34 bits per heavy atom. The first-order valence-electron chi connectivity index (χ1n) is 13.2. The number of amides is 2. The first-order chi connectivity index (χ1) is 17.1. The third-order valence-corrected chi connectivity index (χ3v) is 8.19. The van der Waals surface area contributed by atoms with Crippen LogP contribution in [0.5, 0.6) is 0 Å². The van der Waals surface area contributed by atoms with Gasteiger partial charge in [-0.15, -0.1) is 0 Å². The lowest BCUT2D eigenvalue weighted by Crippen LogP contribution is -2.50. The zero-order valence-corrected chi connectivity index (χ0v) is 20.4. The highest BCUT2D eigenvalue weighted by Crippen LogP contribution is 2.31. The molecule has 2 aromatic rings. The SMILES string of the molecule is O=C(NC1CCCc2ccccc21)C1CCN(C2CCN(C(=O)Cc3ccc(F)cc3)CC2)CC1. The number of rotatable bonds is 5. The summed E-state index contributed by atoms with van der Waals surface area (Å²) >= 11 is 0. The topological polar surface area (TPSA) is 52.7 Å². The number of carbonyl (C=O) groups excluding carboxylic acids is 2. The van der Waals surface area contributed by atoms with E-state index in [4.69, 9.17) is 0 Å². The zero-order chi connectivity index (χ0) is 24.2. The number of nitrogens with one attached hydrogen (secondary N) is 1. The van der Waals surface area contributed by atoms with Crippen molar-refractivity contribution in [3.05, 3.63) is 71.0 Å². The molecule has 35 heavy (non-hydrogen) atoms. The predicted molar refractivity (Wildman–Crippen MR) is 134 cm³/mol. The van der Waals surface area contributed by atoms with Crippen LogP contribution >= 0.6 is 0 Å². The largest absolute Gasteiger partial charge is 0.349 e. The van der Waals surface area contributed by atoms with Crippen LogP contribution in [-0.2, 0) is 22.4 Å². The predicted octanol–water partition coefficient (Wildman–Crippen LogP) is 4.27. The van der Waals surface area contributed by atoms with E-state index >= 15 is 0 Å². The maximum atomic E-state index is 13.1. The van der Waals surface area contributed by atoms with Crippen molar-refractivity contribution in [2.75, 3.05) is 26.2 Å². The van der Waals surface area contributed by atoms with Crippen molar-refractivity contribution in [2.45, 2.75) is 63.5 Å². The maximum absolute atomic E-state index is 13.1. The van der Waals surface area contributed by atoms with Gasteiger partial charge in [-0.2, -0.15) is 0 Å². The van der Waals surface area contributed by atoms with Crippen LogP contribution in [0.2, 0.25) is 0 Å². The third-order valence-electron chi connectivity index (χ3n) is 8.19. The molecule has 186 valence electrons. The molecule has 0 radical (unpaired) electrons. The number of carbonyl (C=O) groups is 2. The molecule has 2 aromatic carbocycles. The molecular formula is C29H36FN3O2. The number of piperidine rings is 2. The van der Waals surface area contributed by atoms with Gasteiger partial charge in [0.25, 0.3) is 0 Å². The Morgan fingerprint density at radius 1 is 0.886 bits per heavy atom. The van der Waals surface area contributed by atoms with Crippen molar-refractivity contribution in [1.82, 2.24) is 15.1 Å². The van der Waals surface area contributed by atoms with Crippen LogP contribution in [0.25, 0.3) is 0 Å². The summed E-state index contributed by atoms with van der Waals surface area (Å²) in [4.78, 5) is 30.2. The highest BCUT2D eigenvalue weighted by atomic mass is 19.1. The number of benzene rings is 2. The molecule has 0 saturated carbocycles. The van der Waals surface area contributed by atoms with Gasteiger partial charge in [0.15, 0.2) is 0 Å². The molecule has 0 bridgehead atoms. The van der Waals surface area contributed by atoms with Crippen LogP contribution in [0.1, 0.15) is 61.3 Å². The molecule has 5 rings (SSSR count). The van der Waals surface area contributed by atoms with Crippen LogP contribution in [0, 0.1) is 11.7 Å². The Labute approximate surface area is 207 Å². The van der Waals surface area contributed by atoms with Gasteiger partial charge >= 0.3 is 0 Å². The highest BCUT2D eigenvalue weighted by Gasteiger charge is 2.32. The van der Waals surface area contributed by atoms with Crippen LogP contribution in [0.3, 0.4) is 0 Å². The fourth-order valence-corrected chi connectivity index (χ4v) is 6.09. The molecule has 2 heterocycles. The number of halogens is 1. The van der Waals surface area contributed by atoms with Crippen molar-refractivity contribution < 1.29 is 14.0 Å². The van der Waals surface area contributed by atoms with E-state index < -0.39 is 0 Å². The molecule has 2 aliphatic heterocycles. The van der Waals surface area contributed by atoms with Crippen molar-refractivity contribution in [3.63, 3.8) is 0 Å². The molecule has 1 N–H and O–H groups in total. The summed E-state index contributed by atoms with van der Waals surface area (Å²) in [6.07, 6.45) is 7.36. The fourth-order valence-electron chi connectivity index (χ4n) is 6.09. The smallest absolute Gasteiger partial charge is 0.226 e. The average molecular weight is 478 g/mol. The van der Waals surface area contributed by atoms with E-state index in [1.165, 1.54) is 23.3 Å². The molecule has 2 saturated heterocycles. The number of aryl methyl sites for hydroxylation is 1. The molecule has 0 spiro atoms. The van der Waals surface area contributed by atoms with Gasteiger partial charge in [0, 0.05) is 25.0 Å². The summed E-state index contributed by atoms with van der Waals surface area (Å²) in [6, 6.07) is 15.3. The van der Waals surface area contributed by atoms with Crippen molar-refractivity contribution in [2.24, 2.45) is 5.92 Å². The van der Waals surface area contributed by atoms with Gasteiger partial charge in [-0.3, -0.25) is 9.59 Å². The Kier molecular flexibility index (Phi) is 7.47. The van der Waals surface area contributed by atoms with E-state index in [9.17, 15) is 14.0 Å². The van der Waals surface area contributed by atoms with Gasteiger partial charge in [-0.25, -0.2) is 4.39 Å². The van der Waals surface area contributed by atoms with Crippen molar-refractivity contribution in [3.8, 4) is 0 Å². The van der Waals surface area contributed by atoms with Crippen LogP contribution in [0.15, 0.2) is 48.5 Å². The lowest BCUT2D eigenvalue weighted by Gasteiger charge is -2.41. The van der Waals surface area contributed by atoms with E-state index in [-0.39, 0.29) is 29.6 Å². The highest BCUT2D eigenvalue weighted by molar-refractivity contribution is 5.79. The normalized spacial score (nSPS) is 22.0. The van der Waals surface area contributed by atoms with Gasteiger partial charge < -0.3 is 15.1 Å². The van der Waals surface area contributed by atoms with Crippen molar-refractivity contribution in [1.29, 1.82) is 0 Å². The van der Waals surface area contributed by atoms with E-state index in [0.29, 0.717) is 12.5 Å². The molecule has 1 unspecified atom stereocenters. The lowest BCUT2D eigenvalue weighted by atomic mass is 9.86. The Hall–Kier alpha value is -2.73. The first kappa shape index (κ1) is 24.0. The maximum Gasteiger partial charge on any atom is 0.226 e. The van der Waals surface area contributed by atoms with Gasteiger partial charge in [0.2, 0.25) is 11.8 Å². The van der Waals surface area contributed by atoms with Gasteiger partial charge in [0.05, 0.1) is 12.5 Å². The Balaban J connectivity index is 1.06. The summed E-state index contributed by atoms with van der Waals surface area (Å²) < 4.78 is 13.1. The Bertz CT molecular complexity index is 1020.